The molecule has 2 fully saturated rings. The van der Waals surface area contributed by atoms with E-state index in [2.05, 4.69) is 5.32 Å². The molecule has 1 aromatic carbocycles. The summed E-state index contributed by atoms with van der Waals surface area (Å²) >= 11 is 0. The van der Waals surface area contributed by atoms with E-state index < -0.39 is 26.2 Å². The summed E-state index contributed by atoms with van der Waals surface area (Å²) in [6.45, 7) is 1.60. The Bertz CT molecular complexity index is 939. The van der Waals surface area contributed by atoms with E-state index in [0.717, 1.165) is 17.1 Å². The molecule has 0 aliphatic carbocycles. The van der Waals surface area contributed by atoms with Crippen molar-refractivity contribution in [2.75, 3.05) is 45.6 Å². The van der Waals surface area contributed by atoms with Crippen LogP contribution in [0.2, 0.25) is 0 Å². The van der Waals surface area contributed by atoms with Gasteiger partial charge < -0.3 is 5.32 Å². The van der Waals surface area contributed by atoms with Crippen molar-refractivity contribution in [2.24, 2.45) is 5.92 Å². The molecule has 1 aromatic rings. The van der Waals surface area contributed by atoms with Crippen LogP contribution in [0.5, 0.6) is 0 Å². The second kappa shape index (κ2) is 8.68. The van der Waals surface area contributed by atoms with Gasteiger partial charge in [-0.05, 0) is 49.9 Å². The largest absolute Gasteiger partial charge is 0.326 e. The number of anilines is 1. The van der Waals surface area contributed by atoms with E-state index in [-0.39, 0.29) is 17.3 Å². The highest BCUT2D eigenvalue weighted by atomic mass is 32.2. The van der Waals surface area contributed by atoms with E-state index in [9.17, 15) is 21.6 Å². The van der Waals surface area contributed by atoms with Crippen LogP contribution in [0.4, 0.5) is 5.69 Å². The van der Waals surface area contributed by atoms with Crippen LogP contribution in [0, 0.1) is 5.92 Å². The van der Waals surface area contributed by atoms with Crippen LogP contribution < -0.4 is 5.32 Å². The molecule has 0 spiro atoms. The van der Waals surface area contributed by atoms with Crippen LogP contribution in [-0.4, -0.2) is 75.9 Å². The highest BCUT2D eigenvalue weighted by Crippen LogP contribution is 2.24. The van der Waals surface area contributed by atoms with Gasteiger partial charge in [-0.2, -0.15) is 21.3 Å². The van der Waals surface area contributed by atoms with Crippen LogP contribution >= 0.6 is 0 Å². The highest BCUT2D eigenvalue weighted by molar-refractivity contribution is 7.89. The van der Waals surface area contributed by atoms with Crippen LogP contribution in [-0.2, 0) is 25.0 Å². The molecule has 1 amide bonds. The van der Waals surface area contributed by atoms with Crippen LogP contribution in [0.1, 0.15) is 25.7 Å². The predicted octanol–water partition coefficient (Wildman–Crippen LogP) is 0.928. The Hall–Kier alpha value is -1.53. The van der Waals surface area contributed by atoms with Crippen molar-refractivity contribution in [3.8, 4) is 0 Å². The summed E-state index contributed by atoms with van der Waals surface area (Å²) in [5.41, 5.74) is 0.489. The van der Waals surface area contributed by atoms with Gasteiger partial charge in [0.2, 0.25) is 15.9 Å². The smallest absolute Gasteiger partial charge is 0.281 e. The molecule has 1 unspecified atom stereocenters. The lowest BCUT2D eigenvalue weighted by atomic mass is 9.99. The van der Waals surface area contributed by atoms with E-state index in [1.54, 1.807) is 12.1 Å². The van der Waals surface area contributed by atoms with Crippen molar-refractivity contribution >= 4 is 31.8 Å². The Balaban J connectivity index is 1.65. The average molecular weight is 445 g/mol. The number of benzene rings is 1. The van der Waals surface area contributed by atoms with Crippen LogP contribution in [0.3, 0.4) is 0 Å². The molecule has 9 nitrogen and oxygen atoms in total. The summed E-state index contributed by atoms with van der Waals surface area (Å²) in [7, 11) is -4.11. The van der Waals surface area contributed by atoms with Gasteiger partial charge in [0.25, 0.3) is 10.2 Å². The van der Waals surface area contributed by atoms with Crippen molar-refractivity contribution in [1.29, 1.82) is 0 Å². The molecule has 0 bridgehead atoms. The number of nitrogens with one attached hydrogen (secondary N) is 1. The number of hydrogen-bond acceptors (Lipinski definition) is 5. The maximum atomic E-state index is 12.6. The number of amides is 1. The molecule has 29 heavy (non-hydrogen) atoms. The van der Waals surface area contributed by atoms with Crippen molar-refractivity contribution < 1.29 is 21.6 Å². The number of nitrogens with zero attached hydrogens (tertiary/aromatic N) is 3. The van der Waals surface area contributed by atoms with Gasteiger partial charge in [0.1, 0.15) is 0 Å². The maximum Gasteiger partial charge on any atom is 0.281 e. The summed E-state index contributed by atoms with van der Waals surface area (Å²) < 4.78 is 53.7. The standard InChI is InChI=1S/C18H28N4O5S2/c1-20(2)29(26,27)22-13-5-6-15(14-22)18(23)19-16-7-9-17(10-8-16)28(24,25)21-11-3-4-12-21/h7-10,15H,3-6,11-14H2,1-2H3,(H,19,23). The van der Waals surface area contributed by atoms with Crippen molar-refractivity contribution in [3.63, 3.8) is 0 Å². The number of carbonyl (C=O) groups excluding carboxylic acids is 1. The molecule has 11 heteroatoms. The summed E-state index contributed by atoms with van der Waals surface area (Å²) in [6, 6.07) is 6.12. The fraction of sp³-hybridized carbons (Fsp3) is 0.611. The molecule has 2 saturated heterocycles. The number of piperidine rings is 1. The molecule has 162 valence electrons. The van der Waals surface area contributed by atoms with Crippen LogP contribution in [0.25, 0.3) is 0 Å². The lowest BCUT2D eigenvalue weighted by Gasteiger charge is -2.32. The third-order valence-corrected chi connectivity index (χ3v) is 9.19. The predicted molar refractivity (Wildman–Crippen MR) is 110 cm³/mol. The maximum absolute atomic E-state index is 12.6. The Kier molecular flexibility index (Phi) is 6.64. The number of rotatable bonds is 6. The van der Waals surface area contributed by atoms with Crippen LogP contribution in [0.15, 0.2) is 29.2 Å². The lowest BCUT2D eigenvalue weighted by molar-refractivity contribution is -0.120. The Labute approximate surface area is 172 Å². The third kappa shape index (κ3) is 4.80. The van der Waals surface area contributed by atoms with Gasteiger partial charge in [-0.25, -0.2) is 8.42 Å². The van der Waals surface area contributed by atoms with Gasteiger partial charge >= 0.3 is 0 Å². The minimum absolute atomic E-state index is 0.133. The summed E-state index contributed by atoms with van der Waals surface area (Å²) in [4.78, 5) is 12.8. The molecule has 3 rings (SSSR count). The van der Waals surface area contributed by atoms with E-state index in [0.29, 0.717) is 38.2 Å². The first-order valence-electron chi connectivity index (χ1n) is 9.71. The van der Waals surface area contributed by atoms with E-state index in [4.69, 9.17) is 0 Å². The molecule has 2 aliphatic rings. The lowest BCUT2D eigenvalue weighted by Crippen LogP contribution is -2.47. The summed E-state index contributed by atoms with van der Waals surface area (Å²) in [6.07, 6.45) is 2.95. The number of carbonyl (C=O) groups is 1. The first-order chi connectivity index (χ1) is 13.6. The van der Waals surface area contributed by atoms with Gasteiger partial charge in [0.05, 0.1) is 10.8 Å². The normalized spacial score (nSPS) is 22.1. The summed E-state index contributed by atoms with van der Waals surface area (Å²) in [5.74, 6) is -0.717. The minimum Gasteiger partial charge on any atom is -0.326 e. The average Bonchev–Trinajstić information content (AvgIpc) is 3.24. The topological polar surface area (TPSA) is 107 Å². The zero-order valence-corrected chi connectivity index (χ0v) is 18.4. The van der Waals surface area contributed by atoms with E-state index in [1.165, 1.54) is 34.8 Å². The Morgan fingerprint density at radius 1 is 0.966 bits per heavy atom. The molecule has 2 heterocycles. The molecule has 1 N–H and O–H groups in total. The van der Waals surface area contributed by atoms with Gasteiger partial charge in [0.15, 0.2) is 0 Å². The summed E-state index contributed by atoms with van der Waals surface area (Å²) in [5, 5.41) is 2.78. The fourth-order valence-corrected chi connectivity index (χ4v) is 6.34. The van der Waals surface area contributed by atoms with Crippen molar-refractivity contribution in [3.05, 3.63) is 24.3 Å². The SMILES string of the molecule is CN(C)S(=O)(=O)N1CCCC(C(=O)Nc2ccc(S(=O)(=O)N3CCCC3)cc2)C1. The van der Waals surface area contributed by atoms with Gasteiger partial charge in [-0.15, -0.1) is 0 Å². The van der Waals surface area contributed by atoms with Gasteiger partial charge in [-0.3, -0.25) is 4.79 Å². The fourth-order valence-electron chi connectivity index (χ4n) is 3.63. The Morgan fingerprint density at radius 3 is 2.14 bits per heavy atom. The van der Waals surface area contributed by atoms with E-state index >= 15 is 0 Å². The molecular weight excluding hydrogens is 416 g/mol. The molecule has 0 aromatic heterocycles. The molecule has 0 radical (unpaired) electrons. The third-order valence-electron chi connectivity index (χ3n) is 5.37. The van der Waals surface area contributed by atoms with Crippen molar-refractivity contribution in [1.82, 2.24) is 12.9 Å². The molecular formula is C18H28N4O5S2. The highest BCUT2D eigenvalue weighted by Gasteiger charge is 2.33. The molecule has 1 atom stereocenters. The zero-order chi connectivity index (χ0) is 21.2. The Morgan fingerprint density at radius 2 is 1.55 bits per heavy atom. The number of sulfonamides is 1. The quantitative estimate of drug-likeness (QED) is 0.702. The second-order valence-electron chi connectivity index (χ2n) is 7.61. The first kappa shape index (κ1) is 22.2. The van der Waals surface area contributed by atoms with Gasteiger partial charge in [0, 0.05) is 46.0 Å². The zero-order valence-electron chi connectivity index (χ0n) is 16.7. The monoisotopic (exact) mass is 444 g/mol. The second-order valence-corrected chi connectivity index (χ2v) is 11.7. The van der Waals surface area contributed by atoms with Crippen molar-refractivity contribution in [2.45, 2.75) is 30.6 Å². The van der Waals surface area contributed by atoms with Gasteiger partial charge in [-0.1, -0.05) is 0 Å². The van der Waals surface area contributed by atoms with E-state index in [1.807, 2.05) is 0 Å². The molecule has 2 aliphatic heterocycles. The first-order valence-corrected chi connectivity index (χ1v) is 12.5. The number of hydrogen-bond donors (Lipinski definition) is 1. The minimum atomic E-state index is -3.55. The molecule has 0 saturated carbocycles.